The molecule has 8 heteroatoms. The normalized spacial score (nSPS) is 11.3. The first-order valence-corrected chi connectivity index (χ1v) is 19.8. The summed E-state index contributed by atoms with van der Waals surface area (Å²) in [5.41, 5.74) is 14.6. The number of aromatic nitrogens is 4. The molecule has 0 aliphatic rings. The van der Waals surface area contributed by atoms with Crippen molar-refractivity contribution in [2.24, 2.45) is 0 Å². The van der Waals surface area contributed by atoms with Gasteiger partial charge in [-0.1, -0.05) is 116 Å². The van der Waals surface area contributed by atoms with Gasteiger partial charge in [0.25, 0.3) is 0 Å². The number of nitrogens with zero attached hydrogens (tertiary/aromatic N) is 4. The first-order chi connectivity index (χ1) is 28.3. The Hall–Kier alpha value is -6.80. The van der Waals surface area contributed by atoms with Crippen molar-refractivity contribution >= 4 is 34.0 Å². The molecule has 2 aromatic heterocycles. The number of aryl methyl sites for hydroxylation is 2. The Morgan fingerprint density at radius 3 is 1.69 bits per heavy atom. The molecule has 8 nitrogen and oxygen atoms in total. The number of rotatable bonds is 13. The van der Waals surface area contributed by atoms with Crippen LogP contribution >= 0.6 is 0 Å². The van der Waals surface area contributed by atoms with Gasteiger partial charge in [0.1, 0.15) is 11.6 Å². The van der Waals surface area contributed by atoms with E-state index in [1.807, 2.05) is 48.5 Å². The van der Waals surface area contributed by atoms with Crippen LogP contribution in [0.2, 0.25) is 0 Å². The summed E-state index contributed by atoms with van der Waals surface area (Å²) >= 11 is 0. The SMILES string of the molecule is CCCc1nc2c(C)cc(-c3nc4ccccc4n3Cc3ccc(-c4ccccc4CC(=O)OC)cc3)cc2n1Cc1ccc(-c2ccccc2CC(=O)OC)cc1. The number of ether oxygens (including phenoxy) is 2. The van der Waals surface area contributed by atoms with Gasteiger partial charge in [0.2, 0.25) is 0 Å². The van der Waals surface area contributed by atoms with Gasteiger partial charge in [-0.15, -0.1) is 0 Å². The Morgan fingerprint density at radius 1 is 0.586 bits per heavy atom. The number of methoxy groups -OCH3 is 2. The highest BCUT2D eigenvalue weighted by molar-refractivity contribution is 5.88. The molecule has 0 fully saturated rings. The van der Waals surface area contributed by atoms with Crippen LogP contribution in [0.1, 0.15) is 47.0 Å². The van der Waals surface area contributed by atoms with Gasteiger partial charge in [0.05, 0.1) is 49.1 Å². The Bertz CT molecular complexity index is 2760. The summed E-state index contributed by atoms with van der Waals surface area (Å²) in [7, 11) is 2.84. The van der Waals surface area contributed by atoms with Gasteiger partial charge in [0.15, 0.2) is 0 Å². The van der Waals surface area contributed by atoms with E-state index < -0.39 is 0 Å². The number of fused-ring (bicyclic) bond motifs is 2. The van der Waals surface area contributed by atoms with E-state index in [9.17, 15) is 9.59 Å². The summed E-state index contributed by atoms with van der Waals surface area (Å²) in [5, 5.41) is 0. The second-order valence-electron chi connectivity index (χ2n) is 14.7. The fraction of sp³-hybridized carbons (Fsp3) is 0.200. The van der Waals surface area contributed by atoms with Crippen LogP contribution in [0, 0.1) is 6.92 Å². The fourth-order valence-corrected chi connectivity index (χ4v) is 7.93. The molecule has 0 aliphatic carbocycles. The highest BCUT2D eigenvalue weighted by Crippen LogP contribution is 2.33. The molecule has 0 unspecified atom stereocenters. The monoisotopic (exact) mass is 766 g/mol. The first kappa shape index (κ1) is 38.1. The van der Waals surface area contributed by atoms with Crippen LogP contribution in [0.5, 0.6) is 0 Å². The number of hydrogen-bond acceptors (Lipinski definition) is 6. The molecular formula is C50H46N4O4. The van der Waals surface area contributed by atoms with Gasteiger partial charge >= 0.3 is 11.9 Å². The second-order valence-corrected chi connectivity index (χ2v) is 14.7. The summed E-state index contributed by atoms with van der Waals surface area (Å²) in [5.74, 6) is 1.45. The van der Waals surface area contributed by atoms with Crippen LogP contribution in [0.4, 0.5) is 0 Å². The predicted molar refractivity (Wildman–Crippen MR) is 231 cm³/mol. The van der Waals surface area contributed by atoms with Crippen LogP contribution in [0.25, 0.3) is 55.7 Å². The van der Waals surface area contributed by atoms with E-state index >= 15 is 0 Å². The van der Waals surface area contributed by atoms with Crippen molar-refractivity contribution in [1.82, 2.24) is 19.1 Å². The third-order valence-electron chi connectivity index (χ3n) is 10.9. The lowest BCUT2D eigenvalue weighted by Gasteiger charge is -2.14. The molecule has 0 bridgehead atoms. The molecule has 8 aromatic rings. The standard InChI is InChI=1S/C50H46N4O4/c1-5-12-46-52-49-33(2)27-40(28-45(49)53(46)31-34-19-23-36(24-20-34)41-15-8-6-13-38(41)29-47(55)57-3)50-51-43-17-10-11-18-44(43)54(50)32-35-21-25-37(26-22-35)42-16-9-7-14-39(42)30-48(56)58-4/h6-11,13-28H,5,12,29-32H2,1-4H3. The Morgan fingerprint density at radius 2 is 1.12 bits per heavy atom. The minimum Gasteiger partial charge on any atom is -0.469 e. The number of benzene rings is 6. The smallest absolute Gasteiger partial charge is 0.309 e. The highest BCUT2D eigenvalue weighted by atomic mass is 16.5. The lowest BCUT2D eigenvalue weighted by molar-refractivity contribution is -0.140. The summed E-state index contributed by atoms with van der Waals surface area (Å²) < 4.78 is 14.6. The average molecular weight is 767 g/mol. The lowest BCUT2D eigenvalue weighted by atomic mass is 9.97. The van der Waals surface area contributed by atoms with Gasteiger partial charge in [0, 0.05) is 25.1 Å². The number of imidazole rings is 2. The summed E-state index contributed by atoms with van der Waals surface area (Å²) in [6.07, 6.45) is 2.30. The topological polar surface area (TPSA) is 88.2 Å². The maximum absolute atomic E-state index is 12.1. The number of para-hydroxylation sites is 2. The average Bonchev–Trinajstić information content (AvgIpc) is 3.79. The van der Waals surface area contributed by atoms with Crippen molar-refractivity contribution in [3.05, 3.63) is 167 Å². The van der Waals surface area contributed by atoms with Crippen LogP contribution in [0.15, 0.2) is 133 Å². The minimum absolute atomic E-state index is 0.225. The molecule has 8 rings (SSSR count). The third-order valence-corrected chi connectivity index (χ3v) is 10.9. The molecule has 0 aliphatic heterocycles. The quantitative estimate of drug-likeness (QED) is 0.109. The molecule has 0 N–H and O–H groups in total. The van der Waals surface area contributed by atoms with E-state index in [0.29, 0.717) is 13.1 Å². The summed E-state index contributed by atoms with van der Waals surface area (Å²) in [6, 6.07) is 45.9. The first-order valence-electron chi connectivity index (χ1n) is 19.8. The molecule has 0 atom stereocenters. The number of esters is 2. The molecule has 6 aromatic carbocycles. The summed E-state index contributed by atoms with van der Waals surface area (Å²) in [4.78, 5) is 34.7. The van der Waals surface area contributed by atoms with Gasteiger partial charge in [-0.3, -0.25) is 9.59 Å². The van der Waals surface area contributed by atoms with Crippen molar-refractivity contribution in [3.8, 4) is 33.6 Å². The molecule has 58 heavy (non-hydrogen) atoms. The third kappa shape index (κ3) is 7.78. The molecular weight excluding hydrogens is 721 g/mol. The summed E-state index contributed by atoms with van der Waals surface area (Å²) in [6.45, 7) is 5.64. The Kier molecular flexibility index (Phi) is 11.0. The lowest BCUT2D eigenvalue weighted by Crippen LogP contribution is -2.06. The molecule has 0 saturated heterocycles. The molecule has 0 spiro atoms. The van der Waals surface area contributed by atoms with Crippen molar-refractivity contribution in [3.63, 3.8) is 0 Å². The van der Waals surface area contributed by atoms with Crippen LogP contribution in [-0.2, 0) is 51.4 Å². The molecule has 2 heterocycles. The van der Waals surface area contributed by atoms with E-state index in [0.717, 1.165) is 102 Å². The van der Waals surface area contributed by atoms with E-state index in [1.54, 1.807) is 0 Å². The zero-order chi connectivity index (χ0) is 40.2. The van der Waals surface area contributed by atoms with Crippen LogP contribution < -0.4 is 0 Å². The van der Waals surface area contributed by atoms with Crippen LogP contribution in [0.3, 0.4) is 0 Å². The maximum Gasteiger partial charge on any atom is 0.309 e. The zero-order valence-corrected chi connectivity index (χ0v) is 33.4. The van der Waals surface area contributed by atoms with Crippen molar-refractivity contribution in [1.29, 1.82) is 0 Å². The van der Waals surface area contributed by atoms with Gasteiger partial charge < -0.3 is 18.6 Å². The maximum atomic E-state index is 12.1. The van der Waals surface area contributed by atoms with E-state index in [-0.39, 0.29) is 24.8 Å². The van der Waals surface area contributed by atoms with Gasteiger partial charge in [-0.2, -0.15) is 0 Å². The second kappa shape index (κ2) is 16.7. The van der Waals surface area contributed by atoms with Gasteiger partial charge in [-0.25, -0.2) is 9.97 Å². The van der Waals surface area contributed by atoms with E-state index in [1.165, 1.54) is 14.2 Å². The molecule has 0 radical (unpaired) electrons. The molecule has 0 amide bonds. The molecule has 0 saturated carbocycles. The highest BCUT2D eigenvalue weighted by Gasteiger charge is 2.19. The molecule has 290 valence electrons. The Labute approximate surface area is 338 Å². The van der Waals surface area contributed by atoms with E-state index in [4.69, 9.17) is 19.4 Å². The van der Waals surface area contributed by atoms with Gasteiger partial charge in [-0.05, 0) is 87.7 Å². The van der Waals surface area contributed by atoms with Crippen molar-refractivity contribution < 1.29 is 19.1 Å². The predicted octanol–water partition coefficient (Wildman–Crippen LogP) is 10.2. The number of hydrogen-bond donors (Lipinski definition) is 0. The number of carbonyl (C=O) groups excluding carboxylic acids is 2. The van der Waals surface area contributed by atoms with Crippen molar-refractivity contribution in [2.45, 2.75) is 52.6 Å². The number of carbonyl (C=O) groups is 2. The zero-order valence-electron chi connectivity index (χ0n) is 33.4. The van der Waals surface area contributed by atoms with Crippen LogP contribution in [-0.4, -0.2) is 45.3 Å². The Balaban J connectivity index is 1.14. The largest absolute Gasteiger partial charge is 0.469 e. The minimum atomic E-state index is -0.257. The fourth-order valence-electron chi connectivity index (χ4n) is 7.93. The van der Waals surface area contributed by atoms with E-state index in [2.05, 4.69) is 108 Å². The van der Waals surface area contributed by atoms with Crippen molar-refractivity contribution in [2.75, 3.05) is 14.2 Å².